The number of carbonyl (C=O) groups is 1. The van der Waals surface area contributed by atoms with Crippen molar-refractivity contribution in [1.29, 1.82) is 0 Å². The van der Waals surface area contributed by atoms with Gasteiger partial charge in [-0.1, -0.05) is 24.3 Å². The van der Waals surface area contributed by atoms with E-state index in [4.69, 9.17) is 12.2 Å². The fraction of sp³-hybridized carbons (Fsp3) is 0.158. The fourth-order valence-electron chi connectivity index (χ4n) is 2.63. The van der Waals surface area contributed by atoms with Crippen LogP contribution in [0, 0.1) is 0 Å². The Labute approximate surface area is 253 Å². The Hall–Kier alpha value is -0.880. The zero-order valence-electron chi connectivity index (χ0n) is 19.3. The van der Waals surface area contributed by atoms with Crippen molar-refractivity contribution in [2.24, 2.45) is 0 Å². The van der Waals surface area contributed by atoms with E-state index in [2.05, 4.69) is 20.7 Å². The molecule has 0 fully saturated rings. The van der Waals surface area contributed by atoms with Crippen molar-refractivity contribution in [1.82, 2.24) is 5.32 Å². The second-order valence-corrected chi connectivity index (χ2v) is 9.54. The minimum atomic E-state index is -4.97. The monoisotopic (exact) mass is 559 g/mol. The SMILES string of the molecule is CNC(=S)Nc1ccc(/C=C/c2ccc(NC(=O)COC)cc2S(=O)(=O)[O-])c(S(=O)(=O)[O-])c1.[Na+].[Na+]. The average Bonchev–Trinajstić information content (AvgIpc) is 2.72. The number of anilines is 2. The maximum absolute atomic E-state index is 11.7. The summed E-state index contributed by atoms with van der Waals surface area (Å²) in [5.74, 6) is -0.563. The van der Waals surface area contributed by atoms with Crippen LogP contribution in [0.25, 0.3) is 12.2 Å². The molecule has 2 aromatic rings. The molecule has 2 aromatic carbocycles. The first-order valence-electron chi connectivity index (χ1n) is 9.00. The summed E-state index contributed by atoms with van der Waals surface area (Å²) in [4.78, 5) is 10.4. The molecule has 35 heavy (non-hydrogen) atoms. The molecular weight excluding hydrogens is 540 g/mol. The summed E-state index contributed by atoms with van der Waals surface area (Å²) < 4.78 is 75.1. The maximum Gasteiger partial charge on any atom is 1.00 e. The van der Waals surface area contributed by atoms with Crippen LogP contribution in [0.2, 0.25) is 0 Å². The van der Waals surface area contributed by atoms with Crippen LogP contribution in [-0.4, -0.2) is 57.7 Å². The number of hydrogen-bond acceptors (Lipinski definition) is 9. The van der Waals surface area contributed by atoms with Gasteiger partial charge in [-0.15, -0.1) is 0 Å². The summed E-state index contributed by atoms with van der Waals surface area (Å²) >= 11 is 4.94. The summed E-state index contributed by atoms with van der Waals surface area (Å²) in [6.07, 6.45) is 2.35. The van der Waals surface area contributed by atoms with Crippen molar-refractivity contribution in [3.63, 3.8) is 0 Å². The predicted octanol–water partition coefficient (Wildman–Crippen LogP) is -4.83. The smallest absolute Gasteiger partial charge is 0.744 e. The standard InChI is InChI=1S/C19H21N3O8S3.2Na/c1-20-19(31)22-15-8-6-13(17(10-15)33(27,28)29)4-3-12-5-7-14(21-18(23)11-30-2)9-16(12)32(24,25)26;;/h3-10H,11H2,1-2H3,(H,21,23)(H2,20,22,31)(H,24,25,26)(H,27,28,29);;/q;2*+1/p-2/b4-3+;;. The van der Waals surface area contributed by atoms with Crippen molar-refractivity contribution in [3.05, 3.63) is 47.5 Å². The quantitative estimate of drug-likeness (QED) is 0.122. The normalized spacial score (nSPS) is 11.2. The van der Waals surface area contributed by atoms with E-state index in [1.807, 2.05) is 0 Å². The number of benzene rings is 2. The number of hydrogen-bond donors (Lipinski definition) is 3. The Morgan fingerprint density at radius 2 is 1.34 bits per heavy atom. The molecule has 1 amide bonds. The van der Waals surface area contributed by atoms with E-state index in [0.29, 0.717) is 0 Å². The van der Waals surface area contributed by atoms with Crippen molar-refractivity contribution in [3.8, 4) is 0 Å². The minimum Gasteiger partial charge on any atom is -0.744 e. The third-order valence-corrected chi connectivity index (χ3v) is 6.14. The van der Waals surface area contributed by atoms with Crippen LogP contribution in [0.1, 0.15) is 11.1 Å². The number of ether oxygens (including phenoxy) is 1. The van der Waals surface area contributed by atoms with E-state index in [-0.39, 0.29) is 93.3 Å². The summed E-state index contributed by atoms with van der Waals surface area (Å²) in [5.41, 5.74) is 0.155. The van der Waals surface area contributed by atoms with E-state index >= 15 is 0 Å². The van der Waals surface area contributed by atoms with Crippen molar-refractivity contribution in [2.75, 3.05) is 31.4 Å². The Balaban J connectivity index is 0.00000578. The number of nitrogens with one attached hydrogen (secondary N) is 3. The van der Waals surface area contributed by atoms with Gasteiger partial charge in [0.2, 0.25) is 5.91 Å². The zero-order chi connectivity index (χ0) is 24.8. The molecule has 0 atom stereocenters. The molecule has 0 aliphatic heterocycles. The molecule has 0 unspecified atom stereocenters. The number of rotatable bonds is 8. The van der Waals surface area contributed by atoms with E-state index in [1.54, 1.807) is 7.05 Å². The molecule has 0 aromatic heterocycles. The van der Waals surface area contributed by atoms with Crippen LogP contribution in [-0.2, 0) is 29.8 Å². The first kappa shape index (κ1) is 34.1. The minimum absolute atomic E-state index is 0. The average molecular weight is 560 g/mol. The van der Waals surface area contributed by atoms with Crippen LogP contribution in [0.5, 0.6) is 0 Å². The third kappa shape index (κ3) is 10.6. The van der Waals surface area contributed by atoms with Gasteiger partial charge in [0.1, 0.15) is 26.8 Å². The second-order valence-electron chi connectivity index (χ2n) is 6.43. The van der Waals surface area contributed by atoms with Gasteiger partial charge in [-0.3, -0.25) is 4.79 Å². The van der Waals surface area contributed by atoms with Crippen LogP contribution in [0.15, 0.2) is 46.2 Å². The van der Waals surface area contributed by atoms with Gasteiger partial charge in [-0.2, -0.15) is 0 Å². The van der Waals surface area contributed by atoms with Gasteiger partial charge < -0.3 is 29.8 Å². The molecule has 16 heteroatoms. The Bertz CT molecular complexity index is 1320. The van der Waals surface area contributed by atoms with E-state index < -0.39 is 35.9 Å². The number of thiocarbonyl (C=S) groups is 1. The molecule has 11 nitrogen and oxygen atoms in total. The van der Waals surface area contributed by atoms with Gasteiger partial charge in [-0.25, -0.2) is 16.8 Å². The van der Waals surface area contributed by atoms with Crippen molar-refractivity contribution >= 4 is 67.0 Å². The zero-order valence-corrected chi connectivity index (χ0v) is 25.8. The molecule has 0 bridgehead atoms. The van der Waals surface area contributed by atoms with Gasteiger partial charge in [0, 0.05) is 25.5 Å². The van der Waals surface area contributed by atoms with Crippen molar-refractivity contribution in [2.45, 2.75) is 9.79 Å². The molecule has 0 aliphatic rings. The molecule has 0 spiro atoms. The summed E-state index contributed by atoms with van der Waals surface area (Å²) in [7, 11) is -7.03. The van der Waals surface area contributed by atoms with E-state index in [1.165, 1.54) is 43.5 Å². The molecule has 0 aliphatic carbocycles. The molecule has 0 heterocycles. The van der Waals surface area contributed by atoms with E-state index in [0.717, 1.165) is 12.1 Å². The van der Waals surface area contributed by atoms with Crippen LogP contribution >= 0.6 is 12.2 Å². The number of carbonyl (C=O) groups excluding carboxylic acids is 1. The topological polar surface area (TPSA) is 177 Å². The van der Waals surface area contributed by atoms with Crippen LogP contribution in [0.4, 0.5) is 11.4 Å². The molecule has 178 valence electrons. The molecule has 0 saturated heterocycles. The van der Waals surface area contributed by atoms with Crippen molar-refractivity contribution < 1.29 is 94.6 Å². The molecule has 3 N–H and O–H groups in total. The second kappa shape index (κ2) is 14.8. The largest absolute Gasteiger partial charge is 1.00 e. The van der Waals surface area contributed by atoms with Gasteiger partial charge >= 0.3 is 59.1 Å². The Morgan fingerprint density at radius 1 is 0.914 bits per heavy atom. The first-order valence-corrected chi connectivity index (χ1v) is 12.2. The van der Waals surface area contributed by atoms with Gasteiger partial charge in [0.15, 0.2) is 5.11 Å². The molecule has 0 radical (unpaired) electrons. The maximum atomic E-state index is 11.7. The molecule has 2 rings (SSSR count). The molecule has 0 saturated carbocycles. The summed E-state index contributed by atoms with van der Waals surface area (Å²) in [6, 6.07) is 7.40. The van der Waals surface area contributed by atoms with Gasteiger partial charge in [0.25, 0.3) is 0 Å². The third-order valence-electron chi connectivity index (χ3n) is 4.05. The predicted molar refractivity (Wildman–Crippen MR) is 124 cm³/mol. The Kier molecular flexibility index (Phi) is 14.4. The van der Waals surface area contributed by atoms with Crippen LogP contribution in [0.3, 0.4) is 0 Å². The molecular formula is C19H19N3Na2O8S3. The van der Waals surface area contributed by atoms with Crippen LogP contribution < -0.4 is 75.1 Å². The number of methoxy groups -OCH3 is 1. The number of amides is 1. The van der Waals surface area contributed by atoms with Gasteiger partial charge in [-0.05, 0) is 47.6 Å². The fourth-order valence-corrected chi connectivity index (χ4v) is 4.14. The first-order chi connectivity index (χ1) is 15.3. The summed E-state index contributed by atoms with van der Waals surface area (Å²) in [5, 5.41) is 7.90. The summed E-state index contributed by atoms with van der Waals surface area (Å²) in [6.45, 7) is -0.280. The Morgan fingerprint density at radius 3 is 1.71 bits per heavy atom. The van der Waals surface area contributed by atoms with E-state index in [9.17, 15) is 30.7 Å². The van der Waals surface area contributed by atoms with Gasteiger partial charge in [0.05, 0.1) is 9.79 Å².